The van der Waals surface area contributed by atoms with Crippen LogP contribution in [0.4, 0.5) is 0 Å². The fourth-order valence-electron chi connectivity index (χ4n) is 3.11. The topological polar surface area (TPSA) is 88.3 Å². The maximum Gasteiger partial charge on any atom is 0.335 e. The first kappa shape index (κ1) is 27.9. The number of aryl methyl sites for hydroxylation is 2. The molecule has 1 aromatic carbocycles. The molecule has 1 atom stereocenters. The Morgan fingerprint density at radius 1 is 1.16 bits per heavy atom. The van der Waals surface area contributed by atoms with Gasteiger partial charge in [0.05, 0.1) is 22.2 Å². The highest BCUT2D eigenvalue weighted by atomic mass is 16.4. The van der Waals surface area contributed by atoms with Crippen molar-refractivity contribution >= 4 is 16.9 Å². The van der Waals surface area contributed by atoms with Crippen LogP contribution in [-0.2, 0) is 7.05 Å². The van der Waals surface area contributed by atoms with E-state index in [0.29, 0.717) is 22.5 Å². The molecular weight excluding hydrogens is 392 g/mol. The molecule has 1 unspecified atom stereocenters. The Bertz CT molecular complexity index is 1010. The highest BCUT2D eigenvalue weighted by molar-refractivity contribution is 5.87. The average molecular weight is 429 g/mol. The van der Waals surface area contributed by atoms with Gasteiger partial charge in [0.2, 0.25) is 0 Å². The first-order valence-electron chi connectivity index (χ1n) is 10.0. The number of hydrogen-bond donors (Lipinski definition) is 1. The lowest BCUT2D eigenvalue weighted by molar-refractivity contribution is 0.0697. The molecule has 0 aliphatic rings. The van der Waals surface area contributed by atoms with Crippen LogP contribution in [0.25, 0.3) is 10.9 Å². The Morgan fingerprint density at radius 2 is 1.74 bits per heavy atom. The molecule has 0 bridgehead atoms. The molecule has 0 fully saturated rings. The Balaban J connectivity index is 0.000000525. The van der Waals surface area contributed by atoms with Crippen LogP contribution in [0.5, 0.6) is 0 Å². The number of fused-ring (bicyclic) bond motifs is 1. The lowest BCUT2D eigenvalue weighted by Crippen LogP contribution is -2.20. The molecule has 0 saturated carbocycles. The van der Waals surface area contributed by atoms with Gasteiger partial charge >= 0.3 is 5.97 Å². The lowest BCUT2D eigenvalue weighted by atomic mass is 10.0. The molecule has 3 aromatic rings. The van der Waals surface area contributed by atoms with Crippen molar-refractivity contribution in [2.75, 3.05) is 14.1 Å². The summed E-state index contributed by atoms with van der Waals surface area (Å²) >= 11 is 0. The average Bonchev–Trinajstić information content (AvgIpc) is 2.75. The Kier molecular flexibility index (Phi) is 12.0. The Hall–Kier alpha value is -3.06. The zero-order chi connectivity index (χ0) is 22.8. The van der Waals surface area contributed by atoms with Crippen LogP contribution < -0.4 is 5.56 Å². The smallest absolute Gasteiger partial charge is 0.335 e. The van der Waals surface area contributed by atoms with Crippen LogP contribution in [0, 0.1) is 6.92 Å². The van der Waals surface area contributed by atoms with Gasteiger partial charge in [0, 0.05) is 19.3 Å². The maximum absolute atomic E-state index is 11.5. The summed E-state index contributed by atoms with van der Waals surface area (Å²) < 4.78 is 1.33. The number of nitrogens with zero attached hydrogens (tertiary/aromatic N) is 4. The summed E-state index contributed by atoms with van der Waals surface area (Å²) in [6, 6.07) is 11.0. The molecule has 1 N–H and O–H groups in total. The van der Waals surface area contributed by atoms with Gasteiger partial charge in [-0.25, -0.2) is 9.48 Å². The van der Waals surface area contributed by atoms with Crippen LogP contribution in [0.15, 0.2) is 47.4 Å². The van der Waals surface area contributed by atoms with Crippen LogP contribution in [0.3, 0.4) is 0 Å². The molecule has 0 radical (unpaired) electrons. The third-order valence-corrected chi connectivity index (χ3v) is 4.53. The first-order valence-corrected chi connectivity index (χ1v) is 10.0. The predicted molar refractivity (Wildman–Crippen MR) is 128 cm³/mol. The third-order valence-electron chi connectivity index (χ3n) is 4.53. The Labute approximate surface area is 185 Å². The third kappa shape index (κ3) is 7.29. The van der Waals surface area contributed by atoms with Crippen LogP contribution >= 0.6 is 0 Å². The standard InChI is InChI=1S/C12H17NO2.C9H9N3O.C2H6.CH4/c1-4-11(13(2)3)9-5-7-10(8-6-9)12(14)15;1-6-8-7(4-3-5-10-8)9(13)12(2)11-6;1-2;/h5-8,11H,4H2,1-3H3,(H,14,15);3-5H,1-2H3;1-2H3;1H4. The number of aromatic carboxylic acids is 1. The minimum Gasteiger partial charge on any atom is -0.478 e. The van der Waals surface area contributed by atoms with E-state index in [0.717, 1.165) is 17.7 Å². The van der Waals surface area contributed by atoms with Gasteiger partial charge in [-0.05, 0) is 57.3 Å². The zero-order valence-electron chi connectivity index (χ0n) is 18.9. The lowest BCUT2D eigenvalue weighted by Gasteiger charge is -2.23. The number of carboxylic acid groups (broad SMARTS) is 1. The van der Waals surface area contributed by atoms with E-state index in [2.05, 4.69) is 21.9 Å². The fourth-order valence-corrected chi connectivity index (χ4v) is 3.11. The highest BCUT2D eigenvalue weighted by Gasteiger charge is 2.12. The number of hydrogen-bond acceptors (Lipinski definition) is 5. The molecule has 3 rings (SSSR count). The Morgan fingerprint density at radius 3 is 2.23 bits per heavy atom. The van der Waals surface area contributed by atoms with E-state index < -0.39 is 5.97 Å². The molecule has 2 aromatic heterocycles. The second-order valence-electron chi connectivity index (χ2n) is 6.73. The summed E-state index contributed by atoms with van der Waals surface area (Å²) in [5.74, 6) is -0.876. The molecule has 7 nitrogen and oxygen atoms in total. The first-order chi connectivity index (χ1) is 14.3. The summed E-state index contributed by atoms with van der Waals surface area (Å²) in [7, 11) is 5.69. The second-order valence-corrected chi connectivity index (χ2v) is 6.73. The monoisotopic (exact) mass is 428 g/mol. The largest absolute Gasteiger partial charge is 0.478 e. The van der Waals surface area contributed by atoms with Gasteiger partial charge < -0.3 is 10.0 Å². The second kappa shape index (κ2) is 13.3. The number of rotatable bonds is 4. The van der Waals surface area contributed by atoms with Gasteiger partial charge in [-0.3, -0.25) is 9.78 Å². The van der Waals surface area contributed by atoms with E-state index in [9.17, 15) is 9.59 Å². The minimum absolute atomic E-state index is 0. The minimum atomic E-state index is -0.876. The van der Waals surface area contributed by atoms with E-state index in [1.54, 1.807) is 37.5 Å². The molecule has 0 aliphatic heterocycles. The van der Waals surface area contributed by atoms with E-state index in [1.807, 2.05) is 47.0 Å². The van der Waals surface area contributed by atoms with Crippen molar-refractivity contribution in [2.45, 2.75) is 47.6 Å². The summed E-state index contributed by atoms with van der Waals surface area (Å²) in [4.78, 5) is 28.5. The number of aromatic nitrogens is 3. The van der Waals surface area contributed by atoms with Crippen molar-refractivity contribution in [3.8, 4) is 0 Å². The predicted octanol–water partition coefficient (Wildman–Crippen LogP) is 4.70. The van der Waals surface area contributed by atoms with Crippen molar-refractivity contribution < 1.29 is 9.90 Å². The molecule has 0 aliphatic carbocycles. The number of carbonyl (C=O) groups is 1. The SMILES string of the molecule is C.CC.CCC(c1ccc(C(=O)O)cc1)N(C)C.Cc1nn(C)c(=O)c2cccnc12. The van der Waals surface area contributed by atoms with Gasteiger partial charge in [0.15, 0.2) is 0 Å². The normalized spacial score (nSPS) is 10.8. The molecule has 7 heteroatoms. The van der Waals surface area contributed by atoms with Gasteiger partial charge in [-0.15, -0.1) is 0 Å². The van der Waals surface area contributed by atoms with Gasteiger partial charge in [-0.1, -0.05) is 40.3 Å². The zero-order valence-corrected chi connectivity index (χ0v) is 18.9. The molecule has 2 heterocycles. The van der Waals surface area contributed by atoms with Crippen LogP contribution in [0.2, 0.25) is 0 Å². The molecule has 0 saturated heterocycles. The quantitative estimate of drug-likeness (QED) is 0.648. The van der Waals surface area contributed by atoms with Crippen molar-refractivity contribution in [3.63, 3.8) is 0 Å². The number of carboxylic acids is 1. The molecule has 31 heavy (non-hydrogen) atoms. The van der Waals surface area contributed by atoms with Gasteiger partial charge in [-0.2, -0.15) is 5.10 Å². The van der Waals surface area contributed by atoms with E-state index in [-0.39, 0.29) is 13.0 Å². The molecule has 170 valence electrons. The fraction of sp³-hybridized carbons (Fsp3) is 0.417. The van der Waals surface area contributed by atoms with Crippen molar-refractivity contribution in [1.82, 2.24) is 19.7 Å². The van der Waals surface area contributed by atoms with Gasteiger partial charge in [0.1, 0.15) is 0 Å². The summed E-state index contributed by atoms with van der Waals surface area (Å²) in [5.41, 5.74) is 2.86. The van der Waals surface area contributed by atoms with Crippen molar-refractivity contribution in [2.24, 2.45) is 7.05 Å². The van der Waals surface area contributed by atoms with Crippen molar-refractivity contribution in [3.05, 3.63) is 69.8 Å². The number of pyridine rings is 1. The van der Waals surface area contributed by atoms with E-state index in [1.165, 1.54) is 4.68 Å². The summed E-state index contributed by atoms with van der Waals surface area (Å²) in [6.07, 6.45) is 2.68. The van der Waals surface area contributed by atoms with Crippen LogP contribution in [-0.4, -0.2) is 44.8 Å². The van der Waals surface area contributed by atoms with E-state index in [4.69, 9.17) is 5.11 Å². The molecular formula is C24H36N4O3. The van der Waals surface area contributed by atoms with Crippen molar-refractivity contribution in [1.29, 1.82) is 0 Å². The number of benzene rings is 1. The summed E-state index contributed by atoms with van der Waals surface area (Å²) in [6.45, 7) is 7.96. The maximum atomic E-state index is 11.5. The van der Waals surface area contributed by atoms with Crippen LogP contribution in [0.1, 0.15) is 62.3 Å². The highest BCUT2D eigenvalue weighted by Crippen LogP contribution is 2.21. The van der Waals surface area contributed by atoms with E-state index >= 15 is 0 Å². The molecule has 0 spiro atoms. The summed E-state index contributed by atoms with van der Waals surface area (Å²) in [5, 5.41) is 13.4. The molecule has 0 amide bonds. The van der Waals surface area contributed by atoms with Gasteiger partial charge in [0.25, 0.3) is 5.56 Å².